The zero-order chi connectivity index (χ0) is 16.7. The second kappa shape index (κ2) is 8.24. The van der Waals surface area contributed by atoms with Crippen LogP contribution in [0.5, 0.6) is 0 Å². The minimum Gasteiger partial charge on any atom is -0.343 e. The highest BCUT2D eigenvalue weighted by Crippen LogP contribution is 2.20. The van der Waals surface area contributed by atoms with Gasteiger partial charge in [0.05, 0.1) is 12.2 Å². The van der Waals surface area contributed by atoms with Gasteiger partial charge in [-0.1, -0.05) is 24.3 Å². The van der Waals surface area contributed by atoms with Gasteiger partial charge in [0.2, 0.25) is 11.8 Å². The Hall–Kier alpha value is -2.47. The Morgan fingerprint density at radius 1 is 1.09 bits per heavy atom. The zero-order valence-electron chi connectivity index (χ0n) is 12.1. The summed E-state index contributed by atoms with van der Waals surface area (Å²) in [7, 11) is 0. The molecule has 2 rings (SSSR count). The molecule has 118 valence electrons. The van der Waals surface area contributed by atoms with Crippen molar-refractivity contribution in [1.82, 2.24) is 5.32 Å². The number of carbonyl (C=O) groups is 2. The number of benzene rings is 2. The van der Waals surface area contributed by atoms with Gasteiger partial charge < -0.3 is 10.6 Å². The highest BCUT2D eigenvalue weighted by atomic mass is 79.9. The van der Waals surface area contributed by atoms with E-state index in [1.165, 1.54) is 18.2 Å². The highest BCUT2D eigenvalue weighted by Gasteiger charge is 2.05. The minimum atomic E-state index is -0.406. The van der Waals surface area contributed by atoms with E-state index in [2.05, 4.69) is 26.6 Å². The van der Waals surface area contributed by atoms with Crippen molar-refractivity contribution in [3.8, 4) is 0 Å². The van der Waals surface area contributed by atoms with Gasteiger partial charge in [-0.3, -0.25) is 9.59 Å². The van der Waals surface area contributed by atoms with E-state index in [1.807, 2.05) is 6.07 Å². The van der Waals surface area contributed by atoms with Crippen LogP contribution in [-0.2, 0) is 9.59 Å². The fourth-order valence-corrected chi connectivity index (χ4v) is 2.11. The van der Waals surface area contributed by atoms with E-state index in [0.29, 0.717) is 11.3 Å². The SMILES string of the molecule is O=C(/C=C/c1ccc(F)cc1)NCC(=O)Nc1ccccc1Br. The summed E-state index contributed by atoms with van der Waals surface area (Å²) >= 11 is 3.32. The van der Waals surface area contributed by atoms with Crippen LogP contribution in [0.25, 0.3) is 6.08 Å². The molecule has 2 aromatic carbocycles. The zero-order valence-corrected chi connectivity index (χ0v) is 13.6. The topological polar surface area (TPSA) is 58.2 Å². The van der Waals surface area contributed by atoms with Crippen molar-refractivity contribution in [2.45, 2.75) is 0 Å². The molecule has 0 saturated carbocycles. The molecule has 0 aromatic heterocycles. The smallest absolute Gasteiger partial charge is 0.244 e. The van der Waals surface area contributed by atoms with Crippen molar-refractivity contribution in [1.29, 1.82) is 0 Å². The van der Waals surface area contributed by atoms with Crippen LogP contribution < -0.4 is 10.6 Å². The van der Waals surface area contributed by atoms with Crippen molar-refractivity contribution >= 4 is 39.5 Å². The summed E-state index contributed by atoms with van der Waals surface area (Å²) < 4.78 is 13.5. The predicted molar refractivity (Wildman–Crippen MR) is 91.2 cm³/mol. The number of halogens is 2. The fourth-order valence-electron chi connectivity index (χ4n) is 1.73. The Bertz CT molecular complexity index is 730. The second-order valence-electron chi connectivity index (χ2n) is 4.63. The minimum absolute atomic E-state index is 0.145. The van der Waals surface area contributed by atoms with Gasteiger partial charge in [0.1, 0.15) is 5.82 Å². The third kappa shape index (κ3) is 5.67. The number of anilines is 1. The maximum atomic E-state index is 12.8. The average Bonchev–Trinajstić information content (AvgIpc) is 2.54. The second-order valence-corrected chi connectivity index (χ2v) is 5.49. The summed E-state index contributed by atoms with van der Waals surface area (Å²) in [6.45, 7) is -0.145. The van der Waals surface area contributed by atoms with E-state index in [0.717, 1.165) is 4.47 Å². The molecule has 0 aliphatic carbocycles. The number of hydrogen-bond acceptors (Lipinski definition) is 2. The Morgan fingerprint density at radius 2 is 1.78 bits per heavy atom. The molecule has 0 aliphatic heterocycles. The van der Waals surface area contributed by atoms with Gasteiger partial charge in [0.25, 0.3) is 0 Å². The molecule has 23 heavy (non-hydrogen) atoms. The third-order valence-electron chi connectivity index (χ3n) is 2.87. The molecule has 6 heteroatoms. The first-order valence-electron chi connectivity index (χ1n) is 6.80. The molecular formula is C17H14BrFN2O2. The van der Waals surface area contributed by atoms with Gasteiger partial charge in [-0.15, -0.1) is 0 Å². The maximum absolute atomic E-state index is 12.8. The Balaban J connectivity index is 1.81. The highest BCUT2D eigenvalue weighted by molar-refractivity contribution is 9.10. The monoisotopic (exact) mass is 376 g/mol. The van der Waals surface area contributed by atoms with Crippen molar-refractivity contribution in [3.05, 3.63) is 70.5 Å². The Morgan fingerprint density at radius 3 is 2.48 bits per heavy atom. The van der Waals surface area contributed by atoms with Gasteiger partial charge in [-0.2, -0.15) is 0 Å². The summed E-state index contributed by atoms with van der Waals surface area (Å²) in [5, 5.41) is 5.16. The summed E-state index contributed by atoms with van der Waals surface area (Å²) in [4.78, 5) is 23.4. The average molecular weight is 377 g/mol. The van der Waals surface area contributed by atoms with E-state index < -0.39 is 5.91 Å². The van der Waals surface area contributed by atoms with Crippen molar-refractivity contribution < 1.29 is 14.0 Å². The summed E-state index contributed by atoms with van der Waals surface area (Å²) in [6, 6.07) is 12.9. The van der Waals surface area contributed by atoms with E-state index in [9.17, 15) is 14.0 Å². The molecular weight excluding hydrogens is 363 g/mol. The number of amides is 2. The lowest BCUT2D eigenvalue weighted by atomic mass is 10.2. The van der Waals surface area contributed by atoms with Crippen LogP contribution in [0.15, 0.2) is 59.1 Å². The molecule has 0 atom stereocenters. The number of rotatable bonds is 5. The number of para-hydroxylation sites is 1. The van der Waals surface area contributed by atoms with Crippen LogP contribution >= 0.6 is 15.9 Å². The molecule has 2 amide bonds. The van der Waals surface area contributed by atoms with Crippen LogP contribution in [-0.4, -0.2) is 18.4 Å². The van der Waals surface area contributed by atoms with E-state index in [1.54, 1.807) is 36.4 Å². The Kier molecular flexibility index (Phi) is 6.05. The summed E-state index contributed by atoms with van der Waals surface area (Å²) in [5.41, 5.74) is 1.33. The van der Waals surface area contributed by atoms with E-state index in [4.69, 9.17) is 0 Å². The van der Waals surface area contributed by atoms with Crippen molar-refractivity contribution in [3.63, 3.8) is 0 Å². The van der Waals surface area contributed by atoms with Crippen LogP contribution in [0.4, 0.5) is 10.1 Å². The molecule has 4 nitrogen and oxygen atoms in total. The first-order chi connectivity index (χ1) is 11.0. The molecule has 0 bridgehead atoms. The first-order valence-corrected chi connectivity index (χ1v) is 7.60. The van der Waals surface area contributed by atoms with Gasteiger partial charge >= 0.3 is 0 Å². The van der Waals surface area contributed by atoms with E-state index in [-0.39, 0.29) is 18.3 Å². The first kappa shape index (κ1) is 16.9. The molecule has 0 radical (unpaired) electrons. The van der Waals surface area contributed by atoms with Gasteiger partial charge in [0.15, 0.2) is 0 Å². The lowest BCUT2D eigenvalue weighted by Gasteiger charge is -2.07. The molecule has 0 saturated heterocycles. The largest absolute Gasteiger partial charge is 0.343 e. The molecule has 0 spiro atoms. The quantitative estimate of drug-likeness (QED) is 0.786. The van der Waals surface area contributed by atoms with Gasteiger partial charge in [-0.05, 0) is 51.8 Å². The third-order valence-corrected chi connectivity index (χ3v) is 3.56. The van der Waals surface area contributed by atoms with Crippen LogP contribution in [0.2, 0.25) is 0 Å². The standard InChI is InChI=1S/C17H14BrFN2O2/c18-14-3-1-2-4-15(14)21-17(23)11-20-16(22)10-7-12-5-8-13(19)9-6-12/h1-10H,11H2,(H,20,22)(H,21,23)/b10-7+. The lowest BCUT2D eigenvalue weighted by Crippen LogP contribution is -2.31. The summed E-state index contributed by atoms with van der Waals surface area (Å²) in [6.07, 6.45) is 2.83. The fraction of sp³-hybridized carbons (Fsp3) is 0.0588. The number of nitrogens with one attached hydrogen (secondary N) is 2. The normalized spacial score (nSPS) is 10.5. The van der Waals surface area contributed by atoms with Crippen LogP contribution in [0, 0.1) is 5.82 Å². The number of hydrogen-bond donors (Lipinski definition) is 2. The van der Waals surface area contributed by atoms with Gasteiger partial charge in [0, 0.05) is 10.5 Å². The number of carbonyl (C=O) groups excluding carboxylic acids is 2. The molecule has 0 unspecified atom stereocenters. The molecule has 0 heterocycles. The molecule has 2 N–H and O–H groups in total. The molecule has 2 aromatic rings. The lowest BCUT2D eigenvalue weighted by molar-refractivity contribution is -0.121. The van der Waals surface area contributed by atoms with E-state index >= 15 is 0 Å². The van der Waals surface area contributed by atoms with Crippen LogP contribution in [0.1, 0.15) is 5.56 Å². The van der Waals surface area contributed by atoms with Gasteiger partial charge in [-0.25, -0.2) is 4.39 Å². The molecule has 0 aliphatic rings. The molecule has 0 fully saturated rings. The van der Waals surface area contributed by atoms with Crippen LogP contribution in [0.3, 0.4) is 0 Å². The predicted octanol–water partition coefficient (Wildman–Crippen LogP) is 3.36. The van der Waals surface area contributed by atoms with Crippen molar-refractivity contribution in [2.75, 3.05) is 11.9 Å². The summed E-state index contributed by atoms with van der Waals surface area (Å²) in [5.74, 6) is -1.08. The maximum Gasteiger partial charge on any atom is 0.244 e. The van der Waals surface area contributed by atoms with Crippen molar-refractivity contribution in [2.24, 2.45) is 0 Å². The Labute approximate surface area is 141 Å².